The van der Waals surface area contributed by atoms with E-state index in [1.807, 2.05) is 42.5 Å². The zero-order valence-electron chi connectivity index (χ0n) is 15.5. The molecule has 1 aliphatic rings. The molecule has 2 aromatic rings. The molecule has 0 fully saturated rings. The first-order valence-electron chi connectivity index (χ1n) is 8.95. The second-order valence-electron chi connectivity index (χ2n) is 6.80. The fourth-order valence-corrected chi connectivity index (χ4v) is 3.13. The Labute approximate surface area is 154 Å². The monoisotopic (exact) mass is 351 g/mol. The Balaban J connectivity index is 1.67. The number of hydrogen-bond donors (Lipinski definition) is 1. The summed E-state index contributed by atoms with van der Waals surface area (Å²) >= 11 is 0. The Morgan fingerprint density at radius 2 is 1.96 bits per heavy atom. The number of nitrogens with one attached hydrogen (secondary N) is 1. The van der Waals surface area contributed by atoms with Crippen LogP contribution in [0.2, 0.25) is 0 Å². The molecule has 0 aliphatic carbocycles. The summed E-state index contributed by atoms with van der Waals surface area (Å²) in [4.78, 5) is 12.4. The third kappa shape index (κ3) is 4.26. The third-order valence-corrected chi connectivity index (χ3v) is 4.58. The maximum atomic E-state index is 12.4. The first-order valence-corrected chi connectivity index (χ1v) is 8.95. The average Bonchev–Trinajstić information content (AvgIpc) is 3.12. The van der Waals surface area contributed by atoms with Gasteiger partial charge in [-0.25, -0.2) is 0 Å². The molecule has 3 rings (SSSR count). The first-order chi connectivity index (χ1) is 12.6. The molecular weight excluding hydrogens is 326 g/mol. The highest BCUT2D eigenvalue weighted by Crippen LogP contribution is 2.26. The van der Waals surface area contributed by atoms with Crippen LogP contribution in [0, 0.1) is 5.92 Å². The highest BCUT2D eigenvalue weighted by molar-refractivity contribution is 5.92. The molecule has 1 aliphatic heterocycles. The second-order valence-corrected chi connectivity index (χ2v) is 6.80. The molecule has 0 aromatic heterocycles. The average molecular weight is 351 g/mol. The van der Waals surface area contributed by atoms with Crippen LogP contribution in [0.1, 0.15) is 36.6 Å². The van der Waals surface area contributed by atoms with Gasteiger partial charge < -0.3 is 14.8 Å². The van der Waals surface area contributed by atoms with Gasteiger partial charge in [0.2, 0.25) is 5.91 Å². The number of carbonyl (C=O) groups is 1. The van der Waals surface area contributed by atoms with E-state index in [1.165, 1.54) is 5.56 Å². The highest BCUT2D eigenvalue weighted by Gasteiger charge is 2.17. The van der Waals surface area contributed by atoms with Gasteiger partial charge in [-0.2, -0.15) is 0 Å². The Morgan fingerprint density at radius 3 is 2.65 bits per heavy atom. The molecule has 26 heavy (non-hydrogen) atoms. The Morgan fingerprint density at radius 1 is 1.19 bits per heavy atom. The lowest BCUT2D eigenvalue weighted by Crippen LogP contribution is -2.30. The van der Waals surface area contributed by atoms with Crippen LogP contribution in [0.5, 0.6) is 11.5 Å². The lowest BCUT2D eigenvalue weighted by molar-refractivity contribution is -0.117. The lowest BCUT2D eigenvalue weighted by atomic mass is 9.96. The van der Waals surface area contributed by atoms with E-state index in [1.54, 1.807) is 13.2 Å². The van der Waals surface area contributed by atoms with Gasteiger partial charge in [0.1, 0.15) is 11.5 Å². The molecule has 0 spiro atoms. The van der Waals surface area contributed by atoms with Gasteiger partial charge in [0, 0.05) is 12.5 Å². The maximum Gasteiger partial charge on any atom is 0.244 e. The lowest BCUT2D eigenvalue weighted by Gasteiger charge is -2.22. The molecule has 1 amide bonds. The molecule has 0 bridgehead atoms. The number of amides is 1. The van der Waals surface area contributed by atoms with E-state index in [0.717, 1.165) is 35.7 Å². The van der Waals surface area contributed by atoms with Crippen LogP contribution >= 0.6 is 0 Å². The third-order valence-electron chi connectivity index (χ3n) is 4.58. The van der Waals surface area contributed by atoms with Crippen molar-refractivity contribution < 1.29 is 14.3 Å². The van der Waals surface area contributed by atoms with Crippen molar-refractivity contribution in [1.82, 2.24) is 5.32 Å². The normalized spacial score (nSPS) is 14.2. The number of rotatable bonds is 6. The van der Waals surface area contributed by atoms with Crippen LogP contribution in [-0.2, 0) is 11.2 Å². The zero-order chi connectivity index (χ0) is 18.5. The predicted molar refractivity (Wildman–Crippen MR) is 103 cm³/mol. The fourth-order valence-electron chi connectivity index (χ4n) is 3.13. The van der Waals surface area contributed by atoms with Crippen LogP contribution in [0.3, 0.4) is 0 Å². The minimum Gasteiger partial charge on any atom is -0.497 e. The fraction of sp³-hybridized carbons (Fsp3) is 0.318. The largest absolute Gasteiger partial charge is 0.497 e. The number of carbonyl (C=O) groups excluding carboxylic acids is 1. The molecule has 1 heterocycles. The zero-order valence-corrected chi connectivity index (χ0v) is 15.5. The minimum atomic E-state index is -0.101. The van der Waals surface area contributed by atoms with Crippen molar-refractivity contribution in [2.45, 2.75) is 26.3 Å². The topological polar surface area (TPSA) is 47.6 Å². The predicted octanol–water partition coefficient (Wildman–Crippen LogP) is 4.16. The Kier molecular flexibility index (Phi) is 5.61. The van der Waals surface area contributed by atoms with Crippen LogP contribution in [0.15, 0.2) is 48.5 Å². The number of benzene rings is 2. The molecule has 0 saturated carbocycles. The molecule has 1 unspecified atom stereocenters. The van der Waals surface area contributed by atoms with Gasteiger partial charge in [-0.3, -0.25) is 4.79 Å². The van der Waals surface area contributed by atoms with E-state index < -0.39 is 0 Å². The van der Waals surface area contributed by atoms with Gasteiger partial charge in [0.25, 0.3) is 0 Å². The number of hydrogen-bond acceptors (Lipinski definition) is 3. The molecule has 0 radical (unpaired) electrons. The van der Waals surface area contributed by atoms with Gasteiger partial charge in [0.15, 0.2) is 0 Å². The Hall–Kier alpha value is -2.75. The van der Waals surface area contributed by atoms with Gasteiger partial charge in [0.05, 0.1) is 19.8 Å². The molecule has 1 atom stereocenters. The summed E-state index contributed by atoms with van der Waals surface area (Å²) in [7, 11) is 1.65. The van der Waals surface area contributed by atoms with Crippen molar-refractivity contribution in [3.63, 3.8) is 0 Å². The number of fused-ring (bicyclic) bond motifs is 1. The standard InChI is InChI=1S/C22H25NO3/c1-15(2)22(17-6-8-19(25-3)9-7-17)23-21(24)11-5-16-4-10-20-18(14-16)12-13-26-20/h4-11,14-15,22H,12-13H2,1-3H3,(H,23,24)/b11-5+. The maximum absolute atomic E-state index is 12.4. The van der Waals surface area contributed by atoms with Crippen molar-refractivity contribution in [2.75, 3.05) is 13.7 Å². The quantitative estimate of drug-likeness (QED) is 0.795. The van der Waals surface area contributed by atoms with E-state index in [-0.39, 0.29) is 17.9 Å². The molecule has 4 nitrogen and oxygen atoms in total. The van der Waals surface area contributed by atoms with E-state index >= 15 is 0 Å². The first kappa shape index (κ1) is 18.1. The molecule has 2 aromatic carbocycles. The summed E-state index contributed by atoms with van der Waals surface area (Å²) < 4.78 is 10.7. The van der Waals surface area contributed by atoms with E-state index in [4.69, 9.17) is 9.47 Å². The van der Waals surface area contributed by atoms with Crippen LogP contribution in [0.4, 0.5) is 0 Å². The van der Waals surface area contributed by atoms with Crippen molar-refractivity contribution in [2.24, 2.45) is 5.92 Å². The van der Waals surface area contributed by atoms with Crippen molar-refractivity contribution in [1.29, 1.82) is 0 Å². The summed E-state index contributed by atoms with van der Waals surface area (Å²) in [6, 6.07) is 13.8. The van der Waals surface area contributed by atoms with Crippen molar-refractivity contribution in [3.05, 3.63) is 65.2 Å². The van der Waals surface area contributed by atoms with Crippen molar-refractivity contribution >= 4 is 12.0 Å². The SMILES string of the molecule is COc1ccc(C(NC(=O)/C=C/c2ccc3c(c2)CCO3)C(C)C)cc1. The highest BCUT2D eigenvalue weighted by atomic mass is 16.5. The van der Waals surface area contributed by atoms with Gasteiger partial charge in [-0.15, -0.1) is 0 Å². The molecular formula is C22H25NO3. The smallest absolute Gasteiger partial charge is 0.244 e. The van der Waals surface area contributed by atoms with Gasteiger partial charge >= 0.3 is 0 Å². The summed E-state index contributed by atoms with van der Waals surface area (Å²) in [6.07, 6.45) is 4.37. The van der Waals surface area contributed by atoms with E-state index in [9.17, 15) is 4.79 Å². The Bertz CT molecular complexity index is 794. The van der Waals surface area contributed by atoms with E-state index in [2.05, 4.69) is 25.2 Å². The minimum absolute atomic E-state index is 0.0496. The van der Waals surface area contributed by atoms with E-state index in [0.29, 0.717) is 0 Å². The van der Waals surface area contributed by atoms with Crippen LogP contribution < -0.4 is 14.8 Å². The number of methoxy groups -OCH3 is 1. The van der Waals surface area contributed by atoms with Gasteiger partial charge in [-0.1, -0.05) is 32.0 Å². The van der Waals surface area contributed by atoms with Crippen LogP contribution in [-0.4, -0.2) is 19.6 Å². The van der Waals surface area contributed by atoms with Crippen molar-refractivity contribution in [3.8, 4) is 11.5 Å². The van der Waals surface area contributed by atoms with Gasteiger partial charge in [-0.05, 0) is 52.9 Å². The summed E-state index contributed by atoms with van der Waals surface area (Å²) in [5.41, 5.74) is 3.28. The summed E-state index contributed by atoms with van der Waals surface area (Å²) in [5.74, 6) is 1.93. The summed E-state index contributed by atoms with van der Waals surface area (Å²) in [5, 5.41) is 3.10. The second kappa shape index (κ2) is 8.09. The molecule has 1 N–H and O–H groups in total. The molecule has 136 valence electrons. The summed E-state index contributed by atoms with van der Waals surface area (Å²) in [6.45, 7) is 4.93. The van der Waals surface area contributed by atoms with Crippen LogP contribution in [0.25, 0.3) is 6.08 Å². The molecule has 0 saturated heterocycles. The molecule has 4 heteroatoms. The number of ether oxygens (including phenoxy) is 2.